The van der Waals surface area contributed by atoms with Crippen LogP contribution in [0.3, 0.4) is 0 Å². The van der Waals surface area contributed by atoms with Gasteiger partial charge in [-0.05, 0) is 14.1 Å². The summed E-state index contributed by atoms with van der Waals surface area (Å²) in [6.07, 6.45) is 0. The van der Waals surface area contributed by atoms with Crippen LogP contribution < -0.4 is 16.8 Å². The maximum absolute atomic E-state index is 11.4. The van der Waals surface area contributed by atoms with Gasteiger partial charge in [0.1, 0.15) is 5.00 Å². The number of nitrogens with zero attached hydrogens (tertiary/aromatic N) is 1. The molecular weight excluding hydrogens is 252 g/mol. The fourth-order valence-corrected chi connectivity index (χ4v) is 2.51. The highest BCUT2D eigenvalue weighted by Gasteiger charge is 2.22. The van der Waals surface area contributed by atoms with Crippen LogP contribution in [0.15, 0.2) is 0 Å². The number of ketones is 1. The highest BCUT2D eigenvalue weighted by molar-refractivity contribution is 7.19. The molecule has 5 N–H and O–H groups in total. The Balaban J connectivity index is 2.99. The van der Waals surface area contributed by atoms with E-state index in [9.17, 15) is 9.59 Å². The fourth-order valence-electron chi connectivity index (χ4n) is 1.47. The first-order chi connectivity index (χ1) is 8.34. The lowest BCUT2D eigenvalue weighted by Gasteiger charge is -2.10. The summed E-state index contributed by atoms with van der Waals surface area (Å²) in [7, 11) is 3.89. The summed E-state index contributed by atoms with van der Waals surface area (Å²) < 4.78 is 0. The Morgan fingerprint density at radius 2 is 2.00 bits per heavy atom. The van der Waals surface area contributed by atoms with Crippen molar-refractivity contribution in [1.82, 2.24) is 4.90 Å². The van der Waals surface area contributed by atoms with E-state index in [1.807, 2.05) is 19.0 Å². The molecule has 0 radical (unpaired) electrons. The number of hydrogen-bond donors (Lipinski definition) is 3. The first-order valence-corrected chi connectivity index (χ1v) is 6.27. The van der Waals surface area contributed by atoms with Crippen molar-refractivity contribution in [3.05, 3.63) is 10.4 Å². The van der Waals surface area contributed by atoms with Gasteiger partial charge in [0.25, 0.3) is 5.91 Å². The maximum Gasteiger partial charge on any atom is 0.253 e. The zero-order valence-corrected chi connectivity index (χ0v) is 11.6. The highest BCUT2D eigenvalue weighted by Crippen LogP contribution is 2.35. The second-order valence-corrected chi connectivity index (χ2v) is 5.22. The summed E-state index contributed by atoms with van der Waals surface area (Å²) >= 11 is 1.17. The largest absolute Gasteiger partial charge is 0.397 e. The van der Waals surface area contributed by atoms with Crippen LogP contribution in [0.1, 0.15) is 27.0 Å². The minimum absolute atomic E-state index is 0.166. The molecule has 1 amide bonds. The third kappa shape index (κ3) is 3.21. The zero-order valence-electron chi connectivity index (χ0n) is 10.7. The molecule has 0 spiro atoms. The number of thiophene rings is 1. The lowest BCUT2D eigenvalue weighted by molar-refractivity contribution is 0.100. The van der Waals surface area contributed by atoms with Gasteiger partial charge in [0, 0.05) is 20.0 Å². The average molecular weight is 270 g/mol. The second-order valence-electron chi connectivity index (χ2n) is 4.20. The number of nitrogens with two attached hydrogens (primary N) is 2. The minimum atomic E-state index is -0.622. The summed E-state index contributed by atoms with van der Waals surface area (Å²) in [4.78, 5) is 25.1. The van der Waals surface area contributed by atoms with Crippen molar-refractivity contribution in [3.8, 4) is 0 Å². The molecule has 1 heterocycles. The standard InChI is InChI=1S/C11H18N4O2S/c1-6(16)9-8(12)7(10(13)17)11(18-9)14-4-5-15(2)3/h14H,4-5,12H2,1-3H3,(H2,13,17). The van der Waals surface area contributed by atoms with E-state index in [-0.39, 0.29) is 17.0 Å². The smallest absolute Gasteiger partial charge is 0.253 e. The molecule has 1 rings (SSSR count). The van der Waals surface area contributed by atoms with Gasteiger partial charge in [-0.3, -0.25) is 9.59 Å². The molecule has 7 heteroatoms. The van der Waals surface area contributed by atoms with E-state index in [2.05, 4.69) is 5.32 Å². The molecule has 1 aromatic rings. The van der Waals surface area contributed by atoms with Gasteiger partial charge < -0.3 is 21.7 Å². The predicted octanol–water partition coefficient (Wildman–Crippen LogP) is 0.605. The van der Waals surface area contributed by atoms with Crippen LogP contribution >= 0.6 is 11.3 Å². The van der Waals surface area contributed by atoms with E-state index in [1.54, 1.807) is 0 Å². The summed E-state index contributed by atoms with van der Waals surface area (Å²) in [5.74, 6) is -0.788. The third-order valence-corrected chi connectivity index (χ3v) is 3.62. The molecule has 0 aliphatic carbocycles. The number of nitrogens with one attached hydrogen (secondary N) is 1. The number of primary amides is 1. The van der Waals surface area contributed by atoms with Gasteiger partial charge in [-0.15, -0.1) is 11.3 Å². The fraction of sp³-hybridized carbons (Fsp3) is 0.455. The summed E-state index contributed by atoms with van der Waals surface area (Å²) in [5.41, 5.74) is 11.4. The Morgan fingerprint density at radius 3 is 2.44 bits per heavy atom. The third-order valence-electron chi connectivity index (χ3n) is 2.36. The number of rotatable bonds is 6. The Labute approximate surface area is 110 Å². The van der Waals surface area contributed by atoms with Crippen molar-refractivity contribution in [2.45, 2.75) is 6.92 Å². The van der Waals surface area contributed by atoms with Gasteiger partial charge in [-0.1, -0.05) is 0 Å². The molecule has 0 saturated heterocycles. The number of amides is 1. The normalized spacial score (nSPS) is 10.7. The van der Waals surface area contributed by atoms with Gasteiger partial charge >= 0.3 is 0 Å². The Kier molecular flexibility index (Phi) is 4.69. The van der Waals surface area contributed by atoms with Gasteiger partial charge in [-0.2, -0.15) is 0 Å². The number of Topliss-reactive ketones (excluding diaryl/α,β-unsaturated/α-hetero) is 1. The maximum atomic E-state index is 11.4. The van der Waals surface area contributed by atoms with Gasteiger partial charge in [-0.25, -0.2) is 0 Å². The second kappa shape index (κ2) is 5.83. The number of nitrogen functional groups attached to an aromatic ring is 1. The van der Waals surface area contributed by atoms with Crippen LogP contribution in [0, 0.1) is 0 Å². The molecule has 0 bridgehead atoms. The average Bonchev–Trinajstić information content (AvgIpc) is 2.55. The number of carbonyl (C=O) groups excluding carboxylic acids is 2. The van der Waals surface area contributed by atoms with Crippen LogP contribution in [-0.4, -0.2) is 43.8 Å². The van der Waals surface area contributed by atoms with E-state index >= 15 is 0 Å². The minimum Gasteiger partial charge on any atom is -0.397 e. The molecule has 0 fully saturated rings. The van der Waals surface area contributed by atoms with Crippen molar-refractivity contribution < 1.29 is 9.59 Å². The van der Waals surface area contributed by atoms with Gasteiger partial charge in [0.15, 0.2) is 5.78 Å². The van der Waals surface area contributed by atoms with Crippen LogP contribution in [0.2, 0.25) is 0 Å². The molecular formula is C11H18N4O2S. The topological polar surface area (TPSA) is 101 Å². The van der Waals surface area contributed by atoms with Gasteiger partial charge in [0.2, 0.25) is 0 Å². The SMILES string of the molecule is CC(=O)c1sc(NCCN(C)C)c(C(N)=O)c1N. The van der Waals surface area contributed by atoms with Crippen LogP contribution in [-0.2, 0) is 0 Å². The molecule has 100 valence electrons. The van der Waals surface area contributed by atoms with Crippen molar-refractivity contribution >= 4 is 33.7 Å². The van der Waals surface area contributed by atoms with Crippen molar-refractivity contribution in [2.24, 2.45) is 5.73 Å². The number of likely N-dealkylation sites (N-methyl/N-ethyl adjacent to an activating group) is 1. The first kappa shape index (κ1) is 14.5. The Morgan fingerprint density at radius 1 is 1.39 bits per heavy atom. The lowest BCUT2D eigenvalue weighted by atomic mass is 10.2. The molecule has 0 aliphatic rings. The zero-order chi connectivity index (χ0) is 13.9. The summed E-state index contributed by atoms with van der Waals surface area (Å²) in [5, 5.41) is 3.65. The van der Waals surface area contributed by atoms with E-state index in [0.717, 1.165) is 6.54 Å². The number of anilines is 2. The van der Waals surface area contributed by atoms with E-state index < -0.39 is 5.91 Å². The Hall–Kier alpha value is -1.60. The first-order valence-electron chi connectivity index (χ1n) is 5.46. The molecule has 0 aromatic carbocycles. The monoisotopic (exact) mass is 270 g/mol. The van der Waals surface area contributed by atoms with Crippen molar-refractivity contribution in [3.63, 3.8) is 0 Å². The predicted molar refractivity (Wildman–Crippen MR) is 74.3 cm³/mol. The molecule has 0 atom stereocenters. The van der Waals surface area contributed by atoms with E-state index in [4.69, 9.17) is 11.5 Å². The lowest BCUT2D eigenvalue weighted by Crippen LogP contribution is -2.22. The Bertz CT molecular complexity index is 468. The van der Waals surface area contributed by atoms with E-state index in [0.29, 0.717) is 16.4 Å². The van der Waals surface area contributed by atoms with Gasteiger partial charge in [0.05, 0.1) is 16.1 Å². The van der Waals surface area contributed by atoms with Crippen LogP contribution in [0.25, 0.3) is 0 Å². The van der Waals surface area contributed by atoms with Crippen molar-refractivity contribution in [1.29, 1.82) is 0 Å². The molecule has 18 heavy (non-hydrogen) atoms. The summed E-state index contributed by atoms with van der Waals surface area (Å²) in [6.45, 7) is 2.85. The number of hydrogen-bond acceptors (Lipinski definition) is 6. The molecule has 0 unspecified atom stereocenters. The molecule has 6 nitrogen and oxygen atoms in total. The quantitative estimate of drug-likeness (QED) is 0.657. The van der Waals surface area contributed by atoms with E-state index in [1.165, 1.54) is 18.3 Å². The van der Waals surface area contributed by atoms with Crippen LogP contribution in [0.5, 0.6) is 0 Å². The molecule has 0 aliphatic heterocycles. The van der Waals surface area contributed by atoms with Crippen LogP contribution in [0.4, 0.5) is 10.7 Å². The number of carbonyl (C=O) groups is 2. The highest BCUT2D eigenvalue weighted by atomic mass is 32.1. The molecule has 0 saturated carbocycles. The summed E-state index contributed by atoms with van der Waals surface area (Å²) in [6, 6.07) is 0. The molecule has 1 aromatic heterocycles. The van der Waals surface area contributed by atoms with Crippen molar-refractivity contribution in [2.75, 3.05) is 38.2 Å².